The molecule has 0 atom stereocenters. The Hall–Kier alpha value is -1.62. The zero-order valence-corrected chi connectivity index (χ0v) is 11.1. The molecule has 5 heteroatoms. The summed E-state index contributed by atoms with van der Waals surface area (Å²) in [5, 5.41) is 4.21. The average Bonchev–Trinajstić information content (AvgIpc) is 3.01. The van der Waals surface area contributed by atoms with Crippen molar-refractivity contribution in [3.05, 3.63) is 29.2 Å². The van der Waals surface area contributed by atoms with Crippen molar-refractivity contribution in [2.24, 2.45) is 7.05 Å². The van der Waals surface area contributed by atoms with Gasteiger partial charge in [0, 0.05) is 35.6 Å². The van der Waals surface area contributed by atoms with Gasteiger partial charge in [-0.3, -0.25) is 9.08 Å². The van der Waals surface area contributed by atoms with Crippen molar-refractivity contribution in [2.75, 3.05) is 0 Å². The summed E-state index contributed by atoms with van der Waals surface area (Å²) in [4.78, 5) is 7.38. The van der Waals surface area contributed by atoms with Crippen LogP contribution in [0.3, 0.4) is 0 Å². The van der Waals surface area contributed by atoms with Crippen LogP contribution in [0.15, 0.2) is 18.6 Å². The van der Waals surface area contributed by atoms with E-state index >= 15 is 0 Å². The van der Waals surface area contributed by atoms with Gasteiger partial charge in [-0.25, -0.2) is 4.98 Å². The molecule has 0 amide bonds. The van der Waals surface area contributed by atoms with Gasteiger partial charge in [0.05, 0.1) is 11.9 Å². The normalized spacial score (nSPS) is 15.2. The fourth-order valence-corrected chi connectivity index (χ4v) is 3.85. The minimum atomic E-state index is 1.03. The van der Waals surface area contributed by atoms with Gasteiger partial charge in [0.15, 0.2) is 4.96 Å². The number of imidazole rings is 1. The van der Waals surface area contributed by atoms with Crippen LogP contribution in [-0.2, 0) is 19.9 Å². The Morgan fingerprint density at radius 3 is 2.94 bits per heavy atom. The predicted molar refractivity (Wildman–Crippen MR) is 71.9 cm³/mol. The van der Waals surface area contributed by atoms with E-state index in [2.05, 4.69) is 15.7 Å². The van der Waals surface area contributed by atoms with Gasteiger partial charge in [-0.2, -0.15) is 5.10 Å². The van der Waals surface area contributed by atoms with E-state index in [0.717, 1.165) is 16.2 Å². The molecule has 1 aliphatic carbocycles. The predicted octanol–water partition coefficient (Wildman–Crippen LogP) is 2.68. The van der Waals surface area contributed by atoms with Crippen molar-refractivity contribution in [3.8, 4) is 11.3 Å². The molecular formula is C13H14N4S. The van der Waals surface area contributed by atoms with Gasteiger partial charge in [0.25, 0.3) is 0 Å². The largest absolute Gasteiger partial charge is 0.294 e. The number of nitrogens with zero attached hydrogens (tertiary/aromatic N) is 4. The summed E-state index contributed by atoms with van der Waals surface area (Å²) in [6.07, 6.45) is 11.1. The molecule has 18 heavy (non-hydrogen) atoms. The Bertz CT molecular complexity index is 719. The van der Waals surface area contributed by atoms with Crippen LogP contribution in [0.25, 0.3) is 16.2 Å². The highest BCUT2D eigenvalue weighted by atomic mass is 32.1. The maximum absolute atomic E-state index is 4.73. The minimum absolute atomic E-state index is 1.03. The Balaban J connectivity index is 1.87. The molecule has 3 heterocycles. The fraction of sp³-hybridized carbons (Fsp3) is 0.385. The Morgan fingerprint density at radius 1 is 1.22 bits per heavy atom. The van der Waals surface area contributed by atoms with Crippen LogP contribution >= 0.6 is 11.3 Å². The molecule has 0 saturated carbocycles. The van der Waals surface area contributed by atoms with E-state index in [1.807, 2.05) is 35.5 Å². The van der Waals surface area contributed by atoms with Crippen LogP contribution in [0.4, 0.5) is 0 Å². The van der Waals surface area contributed by atoms with Crippen LogP contribution in [-0.4, -0.2) is 19.2 Å². The SMILES string of the molecule is Cn1cc(-c2cn3c4c(sc3n2)CCCC4)cn1. The zero-order chi connectivity index (χ0) is 12.1. The summed E-state index contributed by atoms with van der Waals surface area (Å²) in [6, 6.07) is 0. The Labute approximate surface area is 109 Å². The second-order valence-electron chi connectivity index (χ2n) is 4.86. The molecule has 4 nitrogen and oxygen atoms in total. The summed E-state index contributed by atoms with van der Waals surface area (Å²) < 4.78 is 4.10. The minimum Gasteiger partial charge on any atom is -0.294 e. The van der Waals surface area contributed by atoms with Crippen molar-refractivity contribution in [1.82, 2.24) is 19.2 Å². The highest BCUT2D eigenvalue weighted by molar-refractivity contribution is 7.17. The van der Waals surface area contributed by atoms with E-state index < -0.39 is 0 Å². The molecule has 0 radical (unpaired) electrons. The number of aryl methyl sites for hydroxylation is 3. The number of thiazole rings is 1. The lowest BCUT2D eigenvalue weighted by molar-refractivity contribution is 0.674. The summed E-state index contributed by atoms with van der Waals surface area (Å²) >= 11 is 1.85. The fourth-order valence-electron chi connectivity index (χ4n) is 2.66. The zero-order valence-electron chi connectivity index (χ0n) is 10.3. The lowest BCUT2D eigenvalue weighted by atomic mass is 10.0. The second-order valence-corrected chi connectivity index (χ2v) is 5.92. The van der Waals surface area contributed by atoms with E-state index in [9.17, 15) is 0 Å². The average molecular weight is 258 g/mol. The van der Waals surface area contributed by atoms with Crippen molar-refractivity contribution >= 4 is 16.3 Å². The van der Waals surface area contributed by atoms with Gasteiger partial charge in [-0.15, -0.1) is 11.3 Å². The lowest BCUT2D eigenvalue weighted by Crippen LogP contribution is -2.01. The van der Waals surface area contributed by atoms with E-state index in [1.54, 1.807) is 0 Å². The number of fused-ring (bicyclic) bond motifs is 3. The molecule has 0 fully saturated rings. The van der Waals surface area contributed by atoms with Crippen molar-refractivity contribution in [3.63, 3.8) is 0 Å². The smallest absolute Gasteiger partial charge is 0.194 e. The van der Waals surface area contributed by atoms with Gasteiger partial charge in [-0.05, 0) is 25.7 Å². The summed E-state index contributed by atoms with van der Waals surface area (Å²) in [5.41, 5.74) is 3.60. The first-order valence-electron chi connectivity index (χ1n) is 6.30. The van der Waals surface area contributed by atoms with Crippen molar-refractivity contribution in [1.29, 1.82) is 0 Å². The van der Waals surface area contributed by atoms with Gasteiger partial charge >= 0.3 is 0 Å². The van der Waals surface area contributed by atoms with E-state index in [-0.39, 0.29) is 0 Å². The highest BCUT2D eigenvalue weighted by Gasteiger charge is 2.18. The standard InChI is InChI=1S/C13H14N4S/c1-16-7-9(6-14-16)10-8-17-11-4-2-3-5-12(11)18-13(17)15-10/h6-8H,2-5H2,1H3. The van der Waals surface area contributed by atoms with Gasteiger partial charge in [0.2, 0.25) is 0 Å². The van der Waals surface area contributed by atoms with Gasteiger partial charge in [0.1, 0.15) is 0 Å². The van der Waals surface area contributed by atoms with E-state index in [1.165, 1.54) is 36.3 Å². The van der Waals surface area contributed by atoms with Crippen LogP contribution in [0, 0.1) is 0 Å². The summed E-state index contributed by atoms with van der Waals surface area (Å²) in [5.74, 6) is 0. The third-order valence-corrected chi connectivity index (χ3v) is 4.73. The van der Waals surface area contributed by atoms with E-state index in [4.69, 9.17) is 4.98 Å². The summed E-state index contributed by atoms with van der Waals surface area (Å²) in [6.45, 7) is 0. The first kappa shape index (κ1) is 10.3. The van der Waals surface area contributed by atoms with Crippen molar-refractivity contribution < 1.29 is 0 Å². The number of aromatic nitrogens is 4. The van der Waals surface area contributed by atoms with Gasteiger partial charge < -0.3 is 0 Å². The molecule has 0 spiro atoms. The number of hydrogen-bond donors (Lipinski definition) is 0. The maximum atomic E-state index is 4.73. The van der Waals surface area contributed by atoms with Crippen molar-refractivity contribution in [2.45, 2.75) is 25.7 Å². The lowest BCUT2D eigenvalue weighted by Gasteiger charge is -2.09. The Morgan fingerprint density at radius 2 is 2.11 bits per heavy atom. The molecule has 3 aromatic rings. The molecule has 3 aromatic heterocycles. The first-order chi connectivity index (χ1) is 8.81. The maximum Gasteiger partial charge on any atom is 0.194 e. The van der Waals surface area contributed by atoms with Gasteiger partial charge in [-0.1, -0.05) is 0 Å². The number of rotatable bonds is 1. The quantitative estimate of drug-likeness (QED) is 0.672. The molecule has 92 valence electrons. The molecule has 0 aromatic carbocycles. The third kappa shape index (κ3) is 1.43. The highest BCUT2D eigenvalue weighted by Crippen LogP contribution is 2.31. The Kier molecular flexibility index (Phi) is 2.11. The third-order valence-electron chi connectivity index (χ3n) is 3.57. The summed E-state index contributed by atoms with van der Waals surface area (Å²) in [7, 11) is 1.93. The molecule has 1 aliphatic rings. The molecular weight excluding hydrogens is 244 g/mol. The second kappa shape index (κ2) is 3.68. The van der Waals surface area contributed by atoms with Crippen LogP contribution < -0.4 is 0 Å². The topological polar surface area (TPSA) is 35.1 Å². The first-order valence-corrected chi connectivity index (χ1v) is 7.11. The molecule has 4 rings (SSSR count). The molecule has 0 bridgehead atoms. The molecule has 0 unspecified atom stereocenters. The monoisotopic (exact) mass is 258 g/mol. The van der Waals surface area contributed by atoms with Crippen LogP contribution in [0.1, 0.15) is 23.4 Å². The number of hydrogen-bond acceptors (Lipinski definition) is 3. The molecule has 0 aliphatic heterocycles. The molecule has 0 N–H and O–H groups in total. The van der Waals surface area contributed by atoms with Crippen LogP contribution in [0.5, 0.6) is 0 Å². The molecule has 0 saturated heterocycles. The van der Waals surface area contributed by atoms with E-state index in [0.29, 0.717) is 0 Å². The van der Waals surface area contributed by atoms with Crippen LogP contribution in [0.2, 0.25) is 0 Å².